The van der Waals surface area contributed by atoms with Crippen molar-refractivity contribution in [2.24, 2.45) is 5.73 Å². The molecule has 122 valence electrons. The molecule has 0 aliphatic carbocycles. The molecule has 0 saturated carbocycles. The Balaban J connectivity index is 2.27. The van der Waals surface area contributed by atoms with E-state index in [1.807, 2.05) is 0 Å². The van der Waals surface area contributed by atoms with Crippen LogP contribution < -0.4 is 10.5 Å². The lowest BCUT2D eigenvalue weighted by molar-refractivity contribution is 0.100. The van der Waals surface area contributed by atoms with E-state index in [1.165, 1.54) is 13.2 Å². The average molecular weight is 334 g/mol. The van der Waals surface area contributed by atoms with Crippen molar-refractivity contribution in [1.29, 1.82) is 0 Å². The number of amides is 1. The molecule has 23 heavy (non-hydrogen) atoms. The third kappa shape index (κ3) is 4.38. The van der Waals surface area contributed by atoms with E-state index >= 15 is 0 Å². The minimum Gasteiger partial charge on any atom is -0.383 e. The average Bonchev–Trinajstić information content (AvgIpc) is 2.55. The van der Waals surface area contributed by atoms with Gasteiger partial charge in [0.2, 0.25) is 15.9 Å². The van der Waals surface area contributed by atoms with Gasteiger partial charge in [0, 0.05) is 19.2 Å². The number of sulfonamides is 1. The summed E-state index contributed by atoms with van der Waals surface area (Å²) in [5.41, 5.74) is 7.13. The molecule has 0 unspecified atom stereocenters. The highest BCUT2D eigenvalue weighted by Crippen LogP contribution is 2.22. The summed E-state index contributed by atoms with van der Waals surface area (Å²) in [7, 11) is -2.08. The largest absolute Gasteiger partial charge is 0.383 e. The zero-order valence-corrected chi connectivity index (χ0v) is 13.5. The number of hydrogen-bond acceptors (Lipinski definition) is 4. The Morgan fingerprint density at radius 1 is 1.13 bits per heavy atom. The lowest BCUT2D eigenvalue weighted by Crippen LogP contribution is -2.27. The molecule has 0 bridgehead atoms. The van der Waals surface area contributed by atoms with Crippen LogP contribution in [-0.4, -0.2) is 34.6 Å². The van der Waals surface area contributed by atoms with Crippen molar-refractivity contribution in [2.45, 2.75) is 4.90 Å². The van der Waals surface area contributed by atoms with Gasteiger partial charge < -0.3 is 10.5 Å². The Bertz CT molecular complexity index is 786. The van der Waals surface area contributed by atoms with Gasteiger partial charge in [-0.15, -0.1) is 0 Å². The highest BCUT2D eigenvalue weighted by molar-refractivity contribution is 7.89. The first-order chi connectivity index (χ1) is 10.9. The number of nitrogens with two attached hydrogens (primary N) is 1. The zero-order chi connectivity index (χ0) is 16.9. The van der Waals surface area contributed by atoms with E-state index < -0.39 is 15.9 Å². The molecule has 2 rings (SSSR count). The fourth-order valence-electron chi connectivity index (χ4n) is 2.03. The number of hydrogen-bond donors (Lipinski definition) is 2. The van der Waals surface area contributed by atoms with Gasteiger partial charge in [-0.2, -0.15) is 0 Å². The molecule has 3 N–H and O–H groups in total. The molecule has 6 nitrogen and oxygen atoms in total. The predicted octanol–water partition coefficient (Wildman–Crippen LogP) is 1.38. The summed E-state index contributed by atoms with van der Waals surface area (Å²) in [5, 5.41) is 0. The van der Waals surface area contributed by atoms with Crippen molar-refractivity contribution < 1.29 is 17.9 Å². The molecule has 2 aromatic rings. The molecule has 0 aliphatic rings. The molecule has 0 aromatic heterocycles. The Hall–Kier alpha value is -2.22. The standard InChI is InChI=1S/C16H18N2O4S/c1-22-10-9-18-23(20,21)15-4-2-3-14(11-15)12-5-7-13(8-6-12)16(17)19/h2-8,11,18H,9-10H2,1H3,(H2,17,19). The summed E-state index contributed by atoms with van der Waals surface area (Å²) < 4.78 is 31.7. The third-order valence-corrected chi connectivity index (χ3v) is 4.70. The van der Waals surface area contributed by atoms with Crippen molar-refractivity contribution in [3.8, 4) is 11.1 Å². The normalized spacial score (nSPS) is 11.3. The second-order valence-electron chi connectivity index (χ2n) is 4.86. The van der Waals surface area contributed by atoms with Gasteiger partial charge in [0.05, 0.1) is 11.5 Å². The number of methoxy groups -OCH3 is 1. The molecule has 0 saturated heterocycles. The van der Waals surface area contributed by atoms with E-state index in [9.17, 15) is 13.2 Å². The summed E-state index contributed by atoms with van der Waals surface area (Å²) in [6.07, 6.45) is 0. The highest BCUT2D eigenvalue weighted by atomic mass is 32.2. The van der Waals surface area contributed by atoms with Crippen LogP contribution in [0.4, 0.5) is 0 Å². The van der Waals surface area contributed by atoms with Crippen LogP contribution in [-0.2, 0) is 14.8 Å². The molecule has 2 aromatic carbocycles. The lowest BCUT2D eigenvalue weighted by atomic mass is 10.0. The fourth-order valence-corrected chi connectivity index (χ4v) is 3.09. The van der Waals surface area contributed by atoms with Crippen molar-refractivity contribution in [2.75, 3.05) is 20.3 Å². The number of rotatable bonds is 7. The smallest absolute Gasteiger partial charge is 0.248 e. The van der Waals surface area contributed by atoms with Gasteiger partial charge in [-0.05, 0) is 35.4 Å². The third-order valence-electron chi connectivity index (χ3n) is 3.25. The van der Waals surface area contributed by atoms with Crippen molar-refractivity contribution in [1.82, 2.24) is 4.72 Å². The number of carbonyl (C=O) groups excluding carboxylic acids is 1. The maximum absolute atomic E-state index is 12.2. The highest BCUT2D eigenvalue weighted by Gasteiger charge is 2.14. The molecule has 0 radical (unpaired) electrons. The van der Waals surface area contributed by atoms with Gasteiger partial charge in [0.1, 0.15) is 0 Å². The SMILES string of the molecule is COCCNS(=O)(=O)c1cccc(-c2ccc(C(N)=O)cc2)c1. The maximum atomic E-state index is 12.2. The Morgan fingerprint density at radius 3 is 2.43 bits per heavy atom. The molecule has 7 heteroatoms. The van der Waals surface area contributed by atoms with Crippen LogP contribution in [0, 0.1) is 0 Å². The monoisotopic (exact) mass is 334 g/mol. The topological polar surface area (TPSA) is 98.5 Å². The van der Waals surface area contributed by atoms with E-state index in [0.717, 1.165) is 11.1 Å². The summed E-state index contributed by atoms with van der Waals surface area (Å²) in [4.78, 5) is 11.3. The van der Waals surface area contributed by atoms with Crippen molar-refractivity contribution in [3.05, 3.63) is 54.1 Å². The van der Waals surface area contributed by atoms with Crippen molar-refractivity contribution in [3.63, 3.8) is 0 Å². The van der Waals surface area contributed by atoms with Crippen molar-refractivity contribution >= 4 is 15.9 Å². The number of ether oxygens (including phenoxy) is 1. The van der Waals surface area contributed by atoms with Gasteiger partial charge in [-0.1, -0.05) is 24.3 Å². The summed E-state index contributed by atoms with van der Waals surface area (Å²) in [6, 6.07) is 13.2. The molecule has 0 fully saturated rings. The zero-order valence-electron chi connectivity index (χ0n) is 12.7. The van der Waals surface area contributed by atoms with E-state index in [1.54, 1.807) is 42.5 Å². The molecule has 0 spiro atoms. The molecular weight excluding hydrogens is 316 g/mol. The van der Waals surface area contributed by atoms with Crippen LogP contribution in [0.25, 0.3) is 11.1 Å². The first-order valence-corrected chi connectivity index (χ1v) is 8.41. The Kier molecular flexibility index (Phi) is 5.49. The van der Waals surface area contributed by atoms with Crippen LogP contribution in [0.15, 0.2) is 53.4 Å². The van der Waals surface area contributed by atoms with Crippen LogP contribution >= 0.6 is 0 Å². The van der Waals surface area contributed by atoms with E-state index in [-0.39, 0.29) is 11.4 Å². The van der Waals surface area contributed by atoms with Crippen LogP contribution in [0.5, 0.6) is 0 Å². The number of primary amides is 1. The minimum atomic E-state index is -3.59. The second-order valence-corrected chi connectivity index (χ2v) is 6.63. The lowest BCUT2D eigenvalue weighted by Gasteiger charge is -2.08. The van der Waals surface area contributed by atoms with Crippen LogP contribution in [0.2, 0.25) is 0 Å². The number of carbonyl (C=O) groups is 1. The summed E-state index contributed by atoms with van der Waals surface area (Å²) in [6.45, 7) is 0.504. The quantitative estimate of drug-likeness (QED) is 0.747. The minimum absolute atomic E-state index is 0.171. The maximum Gasteiger partial charge on any atom is 0.248 e. The van der Waals surface area contributed by atoms with E-state index in [2.05, 4.69) is 4.72 Å². The molecule has 0 heterocycles. The van der Waals surface area contributed by atoms with Gasteiger partial charge >= 0.3 is 0 Å². The Morgan fingerprint density at radius 2 is 1.83 bits per heavy atom. The first-order valence-electron chi connectivity index (χ1n) is 6.93. The number of benzene rings is 2. The first kappa shape index (κ1) is 17.1. The molecule has 1 amide bonds. The number of nitrogens with one attached hydrogen (secondary N) is 1. The predicted molar refractivity (Wildman–Crippen MR) is 87.5 cm³/mol. The molecule has 0 atom stereocenters. The van der Waals surface area contributed by atoms with Gasteiger partial charge in [-0.25, -0.2) is 13.1 Å². The van der Waals surface area contributed by atoms with E-state index in [4.69, 9.17) is 10.5 Å². The van der Waals surface area contributed by atoms with E-state index in [0.29, 0.717) is 12.2 Å². The molecule has 0 aliphatic heterocycles. The van der Waals surface area contributed by atoms with Gasteiger partial charge in [0.25, 0.3) is 0 Å². The summed E-state index contributed by atoms with van der Waals surface area (Å²) >= 11 is 0. The Labute approximate surface area is 135 Å². The fraction of sp³-hybridized carbons (Fsp3) is 0.188. The molecular formula is C16H18N2O4S. The second kappa shape index (κ2) is 7.36. The summed E-state index contributed by atoms with van der Waals surface area (Å²) in [5.74, 6) is -0.504. The van der Waals surface area contributed by atoms with Crippen LogP contribution in [0.3, 0.4) is 0 Å². The van der Waals surface area contributed by atoms with Crippen LogP contribution in [0.1, 0.15) is 10.4 Å². The van der Waals surface area contributed by atoms with Gasteiger partial charge in [0.15, 0.2) is 0 Å². The van der Waals surface area contributed by atoms with Gasteiger partial charge in [-0.3, -0.25) is 4.79 Å².